The van der Waals surface area contributed by atoms with Gasteiger partial charge in [0.05, 0.1) is 27.9 Å². The van der Waals surface area contributed by atoms with Gasteiger partial charge in [-0.05, 0) is 54.8 Å². The summed E-state index contributed by atoms with van der Waals surface area (Å²) in [5, 5.41) is 2.84. The van der Waals surface area contributed by atoms with E-state index >= 15 is 0 Å². The molecule has 0 unspecified atom stereocenters. The van der Waals surface area contributed by atoms with E-state index in [9.17, 15) is 4.79 Å². The average Bonchev–Trinajstić information content (AvgIpc) is 2.71. The third kappa shape index (κ3) is 6.23. The summed E-state index contributed by atoms with van der Waals surface area (Å²) >= 11 is 0. The number of benzene rings is 2. The molecule has 6 nitrogen and oxygen atoms in total. The van der Waals surface area contributed by atoms with E-state index in [1.165, 1.54) is 6.08 Å². The molecule has 0 aliphatic heterocycles. The van der Waals surface area contributed by atoms with E-state index in [0.717, 1.165) is 23.3 Å². The predicted octanol–water partition coefficient (Wildman–Crippen LogP) is 3.62. The Morgan fingerprint density at radius 2 is 1.75 bits per heavy atom. The van der Waals surface area contributed by atoms with Crippen molar-refractivity contribution < 1.29 is 23.7 Å². The Hall–Kier alpha value is -3.15. The number of methoxy groups -OCH3 is 3. The molecular weight excluding hydrogens is 358 g/mol. The lowest BCUT2D eigenvalue weighted by molar-refractivity contribution is -0.116. The van der Waals surface area contributed by atoms with Crippen LogP contribution in [0.3, 0.4) is 0 Å². The second-order valence-corrected chi connectivity index (χ2v) is 6.10. The van der Waals surface area contributed by atoms with Crippen LogP contribution in [0.15, 0.2) is 42.5 Å². The zero-order chi connectivity index (χ0) is 20.4. The molecule has 1 amide bonds. The summed E-state index contributed by atoms with van der Waals surface area (Å²) in [6.07, 6.45) is 3.89. The lowest BCUT2D eigenvalue weighted by Crippen LogP contribution is -2.23. The van der Waals surface area contributed by atoms with Crippen molar-refractivity contribution in [3.05, 3.63) is 53.6 Å². The van der Waals surface area contributed by atoms with E-state index in [-0.39, 0.29) is 5.91 Å². The Labute approximate surface area is 166 Å². The fourth-order valence-corrected chi connectivity index (χ4v) is 2.61. The first kappa shape index (κ1) is 21.2. The molecule has 0 radical (unpaired) electrons. The molecule has 1 N–H and O–H groups in total. The van der Waals surface area contributed by atoms with Gasteiger partial charge in [-0.3, -0.25) is 4.79 Å². The first-order valence-corrected chi connectivity index (χ1v) is 9.02. The van der Waals surface area contributed by atoms with Gasteiger partial charge in [0, 0.05) is 12.6 Å². The van der Waals surface area contributed by atoms with Crippen LogP contribution in [0.2, 0.25) is 0 Å². The monoisotopic (exact) mass is 385 g/mol. The topological polar surface area (TPSA) is 66.0 Å². The number of rotatable bonds is 10. The molecular formula is C22H27NO5. The van der Waals surface area contributed by atoms with Crippen LogP contribution in [0.1, 0.15) is 17.5 Å². The van der Waals surface area contributed by atoms with Crippen molar-refractivity contribution in [1.29, 1.82) is 0 Å². The molecule has 2 rings (SSSR count). The largest absolute Gasteiger partial charge is 0.494 e. The molecule has 0 bridgehead atoms. The van der Waals surface area contributed by atoms with E-state index in [0.29, 0.717) is 30.4 Å². The smallest absolute Gasteiger partial charge is 0.244 e. The number of carbonyl (C=O) groups is 1. The minimum absolute atomic E-state index is 0.177. The predicted molar refractivity (Wildman–Crippen MR) is 109 cm³/mol. The first-order chi connectivity index (χ1) is 13.6. The molecule has 150 valence electrons. The lowest BCUT2D eigenvalue weighted by atomic mass is 10.1. The minimum atomic E-state index is -0.177. The second kappa shape index (κ2) is 10.9. The van der Waals surface area contributed by atoms with Crippen molar-refractivity contribution in [2.24, 2.45) is 0 Å². The highest BCUT2D eigenvalue weighted by Gasteiger charge is 2.12. The highest BCUT2D eigenvalue weighted by molar-refractivity contribution is 5.91. The lowest BCUT2D eigenvalue weighted by Gasteiger charge is -2.12. The highest BCUT2D eigenvalue weighted by Crippen LogP contribution is 2.38. The summed E-state index contributed by atoms with van der Waals surface area (Å²) in [4.78, 5) is 12.0. The minimum Gasteiger partial charge on any atom is -0.494 e. The van der Waals surface area contributed by atoms with E-state index in [2.05, 4.69) is 5.32 Å². The van der Waals surface area contributed by atoms with Gasteiger partial charge in [0.15, 0.2) is 11.5 Å². The Bertz CT molecular complexity index is 791. The molecule has 0 aliphatic carbocycles. The van der Waals surface area contributed by atoms with Crippen LogP contribution >= 0.6 is 0 Å². The third-order valence-corrected chi connectivity index (χ3v) is 3.99. The zero-order valence-electron chi connectivity index (χ0n) is 16.8. The van der Waals surface area contributed by atoms with Crippen molar-refractivity contribution in [2.75, 3.05) is 34.5 Å². The summed E-state index contributed by atoms with van der Waals surface area (Å²) < 4.78 is 21.6. The van der Waals surface area contributed by atoms with Gasteiger partial charge in [-0.2, -0.15) is 0 Å². The molecule has 0 aromatic heterocycles. The Morgan fingerprint density at radius 3 is 2.36 bits per heavy atom. The fraction of sp³-hybridized carbons (Fsp3) is 0.318. The normalized spacial score (nSPS) is 10.6. The molecule has 2 aromatic rings. The van der Waals surface area contributed by atoms with Crippen molar-refractivity contribution in [3.63, 3.8) is 0 Å². The van der Waals surface area contributed by atoms with E-state index in [4.69, 9.17) is 18.9 Å². The van der Waals surface area contributed by atoms with Gasteiger partial charge in [0.25, 0.3) is 0 Å². The van der Waals surface area contributed by atoms with Gasteiger partial charge in [0.1, 0.15) is 5.75 Å². The standard InChI is InChI=1S/C22H27NO5/c1-16-7-5-8-18(13-16)28-12-6-11-23-21(24)10-9-17-14-19(25-2)22(27-4)20(15-17)26-3/h5,7-10,13-15H,6,11-12H2,1-4H3,(H,23,24). The SMILES string of the molecule is COc1cc(C=CC(=O)NCCCOc2cccc(C)c2)cc(OC)c1OC. The summed E-state index contributed by atoms with van der Waals surface area (Å²) in [5.41, 5.74) is 1.93. The molecule has 0 spiro atoms. The van der Waals surface area contributed by atoms with Crippen molar-refractivity contribution >= 4 is 12.0 Å². The van der Waals surface area contributed by atoms with Gasteiger partial charge in [-0.15, -0.1) is 0 Å². The van der Waals surface area contributed by atoms with Crippen LogP contribution in [0.4, 0.5) is 0 Å². The second-order valence-electron chi connectivity index (χ2n) is 6.10. The van der Waals surface area contributed by atoms with Gasteiger partial charge in [-0.25, -0.2) is 0 Å². The first-order valence-electron chi connectivity index (χ1n) is 9.02. The van der Waals surface area contributed by atoms with Crippen LogP contribution in [-0.4, -0.2) is 40.4 Å². The number of amides is 1. The number of aryl methyl sites for hydroxylation is 1. The van der Waals surface area contributed by atoms with E-state index in [1.807, 2.05) is 31.2 Å². The molecule has 0 heterocycles. The molecule has 2 aromatic carbocycles. The number of hydrogen-bond donors (Lipinski definition) is 1. The van der Waals surface area contributed by atoms with E-state index < -0.39 is 0 Å². The summed E-state index contributed by atoms with van der Waals surface area (Å²) in [5.74, 6) is 2.25. The maximum absolute atomic E-state index is 12.0. The fourth-order valence-electron chi connectivity index (χ4n) is 2.61. The quantitative estimate of drug-likeness (QED) is 0.500. The van der Waals surface area contributed by atoms with Crippen LogP contribution < -0.4 is 24.3 Å². The average molecular weight is 385 g/mol. The molecule has 0 saturated carbocycles. The molecule has 0 fully saturated rings. The highest BCUT2D eigenvalue weighted by atomic mass is 16.5. The van der Waals surface area contributed by atoms with Crippen LogP contribution in [-0.2, 0) is 4.79 Å². The zero-order valence-corrected chi connectivity index (χ0v) is 16.8. The Morgan fingerprint density at radius 1 is 1.04 bits per heavy atom. The number of ether oxygens (including phenoxy) is 4. The third-order valence-electron chi connectivity index (χ3n) is 3.99. The molecule has 0 saturated heterocycles. The Balaban J connectivity index is 1.81. The molecule has 28 heavy (non-hydrogen) atoms. The molecule has 6 heteroatoms. The van der Waals surface area contributed by atoms with Crippen molar-refractivity contribution in [3.8, 4) is 23.0 Å². The van der Waals surface area contributed by atoms with Crippen LogP contribution in [0, 0.1) is 6.92 Å². The van der Waals surface area contributed by atoms with Gasteiger partial charge in [-0.1, -0.05) is 12.1 Å². The van der Waals surface area contributed by atoms with Crippen molar-refractivity contribution in [1.82, 2.24) is 5.32 Å². The Kier molecular flexibility index (Phi) is 8.21. The summed E-state index contributed by atoms with van der Waals surface area (Å²) in [6.45, 7) is 3.10. The molecule has 0 atom stereocenters. The number of hydrogen-bond acceptors (Lipinski definition) is 5. The van der Waals surface area contributed by atoms with Gasteiger partial charge >= 0.3 is 0 Å². The maximum Gasteiger partial charge on any atom is 0.244 e. The maximum atomic E-state index is 12.0. The van der Waals surface area contributed by atoms with Crippen molar-refractivity contribution in [2.45, 2.75) is 13.3 Å². The van der Waals surface area contributed by atoms with E-state index in [1.54, 1.807) is 39.5 Å². The molecule has 0 aliphatic rings. The van der Waals surface area contributed by atoms with Gasteiger partial charge < -0.3 is 24.3 Å². The number of carbonyl (C=O) groups excluding carboxylic acids is 1. The number of nitrogens with one attached hydrogen (secondary N) is 1. The van der Waals surface area contributed by atoms with Gasteiger partial charge in [0.2, 0.25) is 11.7 Å². The van der Waals surface area contributed by atoms with Crippen LogP contribution in [0.5, 0.6) is 23.0 Å². The summed E-state index contributed by atoms with van der Waals surface area (Å²) in [6, 6.07) is 11.4. The van der Waals surface area contributed by atoms with Crippen LogP contribution in [0.25, 0.3) is 6.08 Å². The summed E-state index contributed by atoms with van der Waals surface area (Å²) in [7, 11) is 4.65.